The van der Waals surface area contributed by atoms with Crippen LogP contribution in [0.5, 0.6) is 11.5 Å². The van der Waals surface area contributed by atoms with Crippen LogP contribution < -0.4 is 20.7 Å². The standard InChI is InChI=1S/C31H30N10O3/c32-29-27-28(20-6-8-24(9-7-20)44-23-4-2-1-3-5-23)38-41(30(27)35-19-34-29)22-10-13-39(14-11-22)18-21-16-33-17-25(36-21)40-15-12-26(42)37-31(40)43/h1-9,16-17,19,22H,10-15,18H2,(H2,32,34,35)(H,37,42,43). The van der Waals surface area contributed by atoms with Crippen molar-refractivity contribution in [2.75, 3.05) is 30.3 Å². The van der Waals surface area contributed by atoms with Gasteiger partial charge in [0.05, 0.1) is 23.3 Å². The molecule has 5 aromatic rings. The SMILES string of the molecule is Nc1ncnc2c1c(-c1ccc(Oc3ccccc3)cc1)nn2C1CCN(Cc2cncc(N3CCC(=O)NC3=O)n2)CC1. The van der Waals surface area contributed by atoms with Crippen molar-refractivity contribution in [2.24, 2.45) is 0 Å². The Balaban J connectivity index is 1.06. The van der Waals surface area contributed by atoms with Gasteiger partial charge in [0.1, 0.15) is 29.3 Å². The number of amides is 3. The Labute approximate surface area is 252 Å². The maximum atomic E-state index is 12.3. The molecule has 2 saturated heterocycles. The zero-order chi connectivity index (χ0) is 30.0. The zero-order valence-electron chi connectivity index (χ0n) is 23.8. The number of carbonyl (C=O) groups is 2. The number of aromatic nitrogens is 6. The lowest BCUT2D eigenvalue weighted by molar-refractivity contribution is -0.120. The molecule has 13 heteroatoms. The summed E-state index contributed by atoms with van der Waals surface area (Å²) in [6.07, 6.45) is 6.69. The molecule has 222 valence electrons. The van der Waals surface area contributed by atoms with Crippen LogP contribution >= 0.6 is 0 Å². The first-order valence-corrected chi connectivity index (χ1v) is 14.5. The second-order valence-electron chi connectivity index (χ2n) is 10.8. The highest BCUT2D eigenvalue weighted by molar-refractivity contribution is 6.05. The van der Waals surface area contributed by atoms with Crippen molar-refractivity contribution in [1.29, 1.82) is 0 Å². The van der Waals surface area contributed by atoms with Gasteiger partial charge in [-0.05, 0) is 49.2 Å². The molecule has 13 nitrogen and oxygen atoms in total. The van der Waals surface area contributed by atoms with Crippen molar-refractivity contribution in [3.05, 3.63) is 79.0 Å². The van der Waals surface area contributed by atoms with Gasteiger partial charge in [0.25, 0.3) is 0 Å². The zero-order valence-corrected chi connectivity index (χ0v) is 23.8. The van der Waals surface area contributed by atoms with Crippen LogP contribution in [0.4, 0.5) is 16.4 Å². The van der Waals surface area contributed by atoms with Crippen molar-refractivity contribution in [2.45, 2.75) is 31.8 Å². The Hall–Kier alpha value is -5.43. The van der Waals surface area contributed by atoms with Crippen LogP contribution in [-0.2, 0) is 11.3 Å². The summed E-state index contributed by atoms with van der Waals surface area (Å²) < 4.78 is 7.95. The predicted molar refractivity (Wildman–Crippen MR) is 163 cm³/mol. The van der Waals surface area contributed by atoms with E-state index in [1.54, 1.807) is 12.4 Å². The Kier molecular flexibility index (Phi) is 7.28. The molecule has 5 heterocycles. The first kappa shape index (κ1) is 27.4. The van der Waals surface area contributed by atoms with E-state index in [9.17, 15) is 9.59 Å². The molecule has 0 spiro atoms. The maximum absolute atomic E-state index is 12.3. The summed E-state index contributed by atoms with van der Waals surface area (Å²) >= 11 is 0. The number of nitrogens with two attached hydrogens (primary N) is 1. The summed E-state index contributed by atoms with van der Waals surface area (Å²) in [5, 5.41) is 8.09. The third-order valence-electron chi connectivity index (χ3n) is 7.92. The molecule has 0 saturated carbocycles. The van der Waals surface area contributed by atoms with Gasteiger partial charge in [-0.2, -0.15) is 5.10 Å². The monoisotopic (exact) mass is 590 g/mol. The number of carbonyl (C=O) groups excluding carboxylic acids is 2. The van der Waals surface area contributed by atoms with E-state index >= 15 is 0 Å². The summed E-state index contributed by atoms with van der Waals surface area (Å²) in [5.74, 6) is 2.05. The number of nitrogens with zero attached hydrogens (tertiary/aromatic N) is 8. The predicted octanol–water partition coefficient (Wildman–Crippen LogP) is 3.94. The number of benzene rings is 2. The molecule has 3 amide bonds. The van der Waals surface area contributed by atoms with Gasteiger partial charge in [0, 0.05) is 44.4 Å². The van der Waals surface area contributed by atoms with E-state index in [1.807, 2.05) is 59.3 Å². The van der Waals surface area contributed by atoms with Crippen LogP contribution in [0.3, 0.4) is 0 Å². The first-order chi connectivity index (χ1) is 21.5. The van der Waals surface area contributed by atoms with Crippen molar-refractivity contribution < 1.29 is 14.3 Å². The molecule has 0 radical (unpaired) electrons. The highest BCUT2D eigenvalue weighted by atomic mass is 16.5. The Morgan fingerprint density at radius 1 is 0.932 bits per heavy atom. The van der Waals surface area contributed by atoms with Crippen LogP contribution in [0.2, 0.25) is 0 Å². The largest absolute Gasteiger partial charge is 0.457 e. The van der Waals surface area contributed by atoms with Crippen LogP contribution in [0.1, 0.15) is 31.0 Å². The van der Waals surface area contributed by atoms with Crippen molar-refractivity contribution in [3.8, 4) is 22.8 Å². The van der Waals surface area contributed by atoms with Gasteiger partial charge in [-0.1, -0.05) is 18.2 Å². The minimum absolute atomic E-state index is 0.129. The summed E-state index contributed by atoms with van der Waals surface area (Å²) in [4.78, 5) is 45.3. The molecule has 7 rings (SSSR count). The number of rotatable bonds is 7. The highest BCUT2D eigenvalue weighted by Crippen LogP contribution is 2.35. The van der Waals surface area contributed by atoms with Gasteiger partial charge < -0.3 is 10.5 Å². The van der Waals surface area contributed by atoms with Gasteiger partial charge in [0.15, 0.2) is 11.5 Å². The number of para-hydroxylation sites is 1. The van der Waals surface area contributed by atoms with E-state index in [0.717, 1.165) is 59.8 Å². The smallest absolute Gasteiger partial charge is 0.329 e. The van der Waals surface area contributed by atoms with Crippen molar-refractivity contribution >= 4 is 34.6 Å². The van der Waals surface area contributed by atoms with Crippen molar-refractivity contribution in [1.82, 2.24) is 39.9 Å². The number of urea groups is 1. The fraction of sp³-hybridized carbons (Fsp3) is 0.258. The second-order valence-corrected chi connectivity index (χ2v) is 10.8. The maximum Gasteiger partial charge on any atom is 0.329 e. The average molecular weight is 591 g/mol. The van der Waals surface area contributed by atoms with E-state index in [-0.39, 0.29) is 24.9 Å². The molecule has 3 aromatic heterocycles. The Morgan fingerprint density at radius 3 is 2.48 bits per heavy atom. The van der Waals surface area contributed by atoms with E-state index in [1.165, 1.54) is 11.2 Å². The highest BCUT2D eigenvalue weighted by Gasteiger charge is 2.28. The second kappa shape index (κ2) is 11.7. The van der Waals surface area contributed by atoms with Gasteiger partial charge in [-0.15, -0.1) is 0 Å². The number of fused-ring (bicyclic) bond motifs is 1. The molecule has 0 atom stereocenters. The average Bonchev–Trinajstić information content (AvgIpc) is 3.43. The van der Waals surface area contributed by atoms with E-state index in [2.05, 4.69) is 30.2 Å². The summed E-state index contributed by atoms with van der Waals surface area (Å²) in [7, 11) is 0. The molecule has 2 fully saturated rings. The third kappa shape index (κ3) is 5.52. The number of nitrogens with one attached hydrogen (secondary N) is 1. The van der Waals surface area contributed by atoms with Gasteiger partial charge in [-0.25, -0.2) is 24.4 Å². The van der Waals surface area contributed by atoms with Gasteiger partial charge in [0.2, 0.25) is 5.91 Å². The molecular formula is C31H30N10O3. The first-order valence-electron chi connectivity index (χ1n) is 14.5. The molecule has 0 unspecified atom stereocenters. The third-order valence-corrected chi connectivity index (χ3v) is 7.92. The number of anilines is 2. The fourth-order valence-electron chi connectivity index (χ4n) is 5.69. The van der Waals surface area contributed by atoms with Gasteiger partial charge >= 0.3 is 6.03 Å². The topological polar surface area (TPSA) is 157 Å². The Morgan fingerprint density at radius 2 is 1.70 bits per heavy atom. The number of ether oxygens (including phenoxy) is 1. The number of piperidine rings is 1. The Bertz CT molecular complexity index is 1820. The van der Waals surface area contributed by atoms with Crippen LogP contribution in [0.25, 0.3) is 22.3 Å². The lowest BCUT2D eigenvalue weighted by Crippen LogP contribution is -2.50. The van der Waals surface area contributed by atoms with Crippen LogP contribution in [0, 0.1) is 0 Å². The number of hydrogen-bond donors (Lipinski definition) is 2. The fourth-order valence-corrected chi connectivity index (χ4v) is 5.69. The minimum Gasteiger partial charge on any atom is -0.457 e. The minimum atomic E-state index is -0.472. The molecule has 2 aliphatic rings. The van der Waals surface area contributed by atoms with E-state index < -0.39 is 6.03 Å². The van der Waals surface area contributed by atoms with Crippen molar-refractivity contribution in [3.63, 3.8) is 0 Å². The number of likely N-dealkylation sites (tertiary alicyclic amines) is 1. The van der Waals surface area contributed by atoms with E-state index in [4.69, 9.17) is 15.6 Å². The molecule has 0 bridgehead atoms. The van der Waals surface area contributed by atoms with Gasteiger partial charge in [-0.3, -0.25) is 24.9 Å². The van der Waals surface area contributed by atoms with Crippen LogP contribution in [-0.4, -0.2) is 66.2 Å². The number of hydrogen-bond acceptors (Lipinski definition) is 10. The molecule has 0 aliphatic carbocycles. The summed E-state index contributed by atoms with van der Waals surface area (Å²) in [6, 6.07) is 17.1. The molecule has 2 aromatic carbocycles. The number of imide groups is 1. The summed E-state index contributed by atoms with van der Waals surface area (Å²) in [5.41, 5.74) is 9.48. The van der Waals surface area contributed by atoms with E-state index in [0.29, 0.717) is 23.8 Å². The quantitative estimate of drug-likeness (QED) is 0.284. The molecule has 44 heavy (non-hydrogen) atoms. The normalized spacial score (nSPS) is 16.3. The summed E-state index contributed by atoms with van der Waals surface area (Å²) in [6.45, 7) is 2.52. The molecular weight excluding hydrogens is 560 g/mol. The molecule has 2 aliphatic heterocycles. The molecule has 3 N–H and O–H groups in total. The lowest BCUT2D eigenvalue weighted by atomic mass is 10.0. The number of nitrogen functional groups attached to an aromatic ring is 1. The lowest BCUT2D eigenvalue weighted by Gasteiger charge is -2.32. The van der Waals surface area contributed by atoms with Crippen LogP contribution in [0.15, 0.2) is 73.3 Å².